The lowest BCUT2D eigenvalue weighted by Gasteiger charge is -2.35. The number of aliphatic hydroxyl groups excluding tert-OH is 1. The maximum Gasteiger partial charge on any atom is 0.356 e. The van der Waals surface area contributed by atoms with Crippen LogP contribution in [0.4, 0.5) is 5.82 Å². The fourth-order valence-corrected chi connectivity index (χ4v) is 5.30. The van der Waals surface area contributed by atoms with Gasteiger partial charge in [-0.2, -0.15) is 4.31 Å². The third-order valence-corrected chi connectivity index (χ3v) is 7.65. The number of ether oxygens (including phenoxy) is 1. The van der Waals surface area contributed by atoms with Crippen LogP contribution in [0.5, 0.6) is 0 Å². The monoisotopic (exact) mass is 482 g/mol. The van der Waals surface area contributed by atoms with Gasteiger partial charge in [0.25, 0.3) is 0 Å². The third-order valence-electron chi connectivity index (χ3n) is 5.77. The van der Waals surface area contributed by atoms with Crippen LogP contribution >= 0.6 is 0 Å². The van der Waals surface area contributed by atoms with E-state index in [1.165, 1.54) is 29.7 Å². The largest absolute Gasteiger partial charge is 0.464 e. The highest BCUT2D eigenvalue weighted by molar-refractivity contribution is 7.89. The van der Waals surface area contributed by atoms with Crippen molar-refractivity contribution < 1.29 is 23.1 Å². The lowest BCUT2D eigenvalue weighted by atomic mass is 10.0. The fraction of sp³-hybridized carbons (Fsp3) is 0.292. The Kier molecular flexibility index (Phi) is 6.92. The van der Waals surface area contributed by atoms with E-state index in [1.807, 2.05) is 19.1 Å². The van der Waals surface area contributed by atoms with Gasteiger partial charge in [0.1, 0.15) is 11.5 Å². The number of β-amino-alcohol motifs (C(OH)–C–C–N with tert-alkyl or cyclic N) is 1. The number of anilines is 1. The number of aromatic nitrogens is 2. The zero-order valence-electron chi connectivity index (χ0n) is 18.9. The maximum absolute atomic E-state index is 13.2. The molecule has 0 spiro atoms. The molecule has 34 heavy (non-hydrogen) atoms. The molecule has 10 heteroatoms. The summed E-state index contributed by atoms with van der Waals surface area (Å²) in [4.78, 5) is 20.1. The van der Waals surface area contributed by atoms with Gasteiger partial charge in [-0.1, -0.05) is 18.2 Å². The molecule has 0 aliphatic carbocycles. The molecule has 4 rings (SSSR count). The molecule has 2 aromatic heterocycles. The summed E-state index contributed by atoms with van der Waals surface area (Å²) < 4.78 is 32.4. The van der Waals surface area contributed by atoms with E-state index in [-0.39, 0.29) is 29.7 Å². The van der Waals surface area contributed by atoms with Crippen LogP contribution in [0.3, 0.4) is 0 Å². The predicted molar refractivity (Wildman–Crippen MR) is 127 cm³/mol. The van der Waals surface area contributed by atoms with Crippen molar-refractivity contribution in [2.45, 2.75) is 30.4 Å². The van der Waals surface area contributed by atoms with Gasteiger partial charge < -0.3 is 15.2 Å². The molecule has 1 saturated heterocycles. The van der Waals surface area contributed by atoms with Gasteiger partial charge in [-0.15, -0.1) is 0 Å². The number of sulfonamides is 1. The van der Waals surface area contributed by atoms with Gasteiger partial charge in [-0.25, -0.2) is 23.2 Å². The van der Waals surface area contributed by atoms with E-state index >= 15 is 0 Å². The van der Waals surface area contributed by atoms with Gasteiger partial charge in [-0.05, 0) is 60.4 Å². The Balaban J connectivity index is 1.45. The highest BCUT2D eigenvalue weighted by Gasteiger charge is 2.34. The third kappa shape index (κ3) is 5.09. The molecule has 2 N–H and O–H groups in total. The number of piperidine rings is 1. The molecule has 0 bridgehead atoms. The van der Waals surface area contributed by atoms with E-state index in [0.29, 0.717) is 17.8 Å². The first kappa shape index (κ1) is 23.8. The van der Waals surface area contributed by atoms with Crippen LogP contribution in [-0.2, 0) is 14.8 Å². The number of carbonyl (C=O) groups excluding carboxylic acids is 1. The van der Waals surface area contributed by atoms with Crippen molar-refractivity contribution in [2.24, 2.45) is 0 Å². The average Bonchev–Trinajstić information content (AvgIpc) is 2.86. The Morgan fingerprint density at radius 3 is 2.53 bits per heavy atom. The molecule has 2 atom stereocenters. The van der Waals surface area contributed by atoms with Gasteiger partial charge >= 0.3 is 5.97 Å². The molecule has 0 unspecified atom stereocenters. The number of esters is 1. The summed E-state index contributed by atoms with van der Waals surface area (Å²) in [5.41, 5.74) is 2.65. The standard InChI is InChI=1S/C24H26N4O5S/c1-16-3-8-23(26-14-16)27-20-10-12-28(15-22(20)29)34(31,32)19-6-4-17(5-7-19)18-9-11-25-21(13-18)24(30)33-2/h3-9,11,13-14,20,22,29H,10,12,15H2,1-2H3,(H,26,27)/t20-,22+/m1/s1. The number of nitrogens with zero attached hydrogens (tertiary/aromatic N) is 3. The highest BCUT2D eigenvalue weighted by Crippen LogP contribution is 2.26. The number of nitrogens with one attached hydrogen (secondary N) is 1. The SMILES string of the molecule is COC(=O)c1cc(-c2ccc(S(=O)(=O)N3CC[C@@H](Nc4ccc(C)cn4)[C@@H](O)C3)cc2)ccn1. The fourth-order valence-electron chi connectivity index (χ4n) is 3.83. The first-order valence-corrected chi connectivity index (χ1v) is 12.2. The summed E-state index contributed by atoms with van der Waals surface area (Å²) in [6.07, 6.45) is 2.80. The summed E-state index contributed by atoms with van der Waals surface area (Å²) in [6, 6.07) is 13.2. The number of benzene rings is 1. The van der Waals surface area contributed by atoms with E-state index in [9.17, 15) is 18.3 Å². The molecular weight excluding hydrogens is 456 g/mol. The van der Waals surface area contributed by atoms with Crippen molar-refractivity contribution in [1.82, 2.24) is 14.3 Å². The summed E-state index contributed by atoms with van der Waals surface area (Å²) in [7, 11) is -2.49. The van der Waals surface area contributed by atoms with E-state index in [2.05, 4.69) is 15.3 Å². The van der Waals surface area contributed by atoms with Crippen molar-refractivity contribution >= 4 is 21.8 Å². The van der Waals surface area contributed by atoms with Crippen LogP contribution in [0.1, 0.15) is 22.5 Å². The van der Waals surface area contributed by atoms with Crippen LogP contribution in [0.25, 0.3) is 11.1 Å². The van der Waals surface area contributed by atoms with Gasteiger partial charge in [0.15, 0.2) is 0 Å². The first-order chi connectivity index (χ1) is 16.3. The Labute approximate surface area is 198 Å². The van der Waals surface area contributed by atoms with Crippen LogP contribution in [0.15, 0.2) is 65.8 Å². The zero-order chi connectivity index (χ0) is 24.3. The van der Waals surface area contributed by atoms with Crippen molar-refractivity contribution in [3.05, 3.63) is 72.2 Å². The number of pyridine rings is 2. The van der Waals surface area contributed by atoms with E-state index < -0.39 is 22.1 Å². The van der Waals surface area contributed by atoms with Crippen LogP contribution < -0.4 is 5.32 Å². The summed E-state index contributed by atoms with van der Waals surface area (Å²) in [6.45, 7) is 2.20. The second-order valence-corrected chi connectivity index (χ2v) is 10.1. The van der Waals surface area contributed by atoms with Gasteiger partial charge in [0.05, 0.1) is 24.2 Å². The van der Waals surface area contributed by atoms with Crippen molar-refractivity contribution in [3.8, 4) is 11.1 Å². The van der Waals surface area contributed by atoms with E-state index in [0.717, 1.165) is 11.1 Å². The number of carbonyl (C=O) groups is 1. The van der Waals surface area contributed by atoms with E-state index in [1.54, 1.807) is 30.5 Å². The lowest BCUT2D eigenvalue weighted by Crippen LogP contribution is -2.51. The number of hydrogen-bond donors (Lipinski definition) is 2. The Morgan fingerprint density at radius 2 is 1.88 bits per heavy atom. The number of aryl methyl sites for hydroxylation is 1. The molecular formula is C24H26N4O5S. The minimum atomic E-state index is -3.78. The quantitative estimate of drug-likeness (QED) is 0.514. The number of aliphatic hydroxyl groups is 1. The molecule has 0 saturated carbocycles. The van der Waals surface area contributed by atoms with Gasteiger partial charge in [0, 0.05) is 25.5 Å². The normalized spacial score (nSPS) is 18.9. The van der Waals surface area contributed by atoms with Crippen molar-refractivity contribution in [2.75, 3.05) is 25.5 Å². The molecule has 9 nitrogen and oxygen atoms in total. The molecule has 1 aliphatic heterocycles. The maximum atomic E-state index is 13.2. The summed E-state index contributed by atoms with van der Waals surface area (Å²) in [5.74, 6) is 0.101. The number of hydrogen-bond acceptors (Lipinski definition) is 8. The molecule has 1 aliphatic rings. The Bertz CT molecular complexity index is 1260. The van der Waals surface area contributed by atoms with Gasteiger partial charge in [-0.3, -0.25) is 0 Å². The second-order valence-electron chi connectivity index (χ2n) is 8.14. The number of rotatable bonds is 6. The molecule has 1 aromatic carbocycles. The first-order valence-electron chi connectivity index (χ1n) is 10.8. The zero-order valence-corrected chi connectivity index (χ0v) is 19.7. The molecule has 0 amide bonds. The van der Waals surface area contributed by atoms with Crippen molar-refractivity contribution in [1.29, 1.82) is 0 Å². The van der Waals surface area contributed by atoms with Crippen LogP contribution in [0.2, 0.25) is 0 Å². The molecule has 1 fully saturated rings. The topological polar surface area (TPSA) is 122 Å². The minimum absolute atomic E-state index is 0.0134. The molecule has 3 aromatic rings. The van der Waals surface area contributed by atoms with E-state index in [4.69, 9.17) is 4.74 Å². The Hall–Kier alpha value is -3.34. The predicted octanol–water partition coefficient (Wildman–Crippen LogP) is 2.47. The smallest absolute Gasteiger partial charge is 0.356 e. The molecule has 3 heterocycles. The molecule has 178 valence electrons. The van der Waals surface area contributed by atoms with Gasteiger partial charge in [0.2, 0.25) is 10.0 Å². The van der Waals surface area contributed by atoms with Crippen molar-refractivity contribution in [3.63, 3.8) is 0 Å². The number of methoxy groups -OCH3 is 1. The lowest BCUT2D eigenvalue weighted by molar-refractivity contribution is 0.0594. The summed E-state index contributed by atoms with van der Waals surface area (Å²) in [5, 5.41) is 13.8. The minimum Gasteiger partial charge on any atom is -0.464 e. The Morgan fingerprint density at radius 1 is 1.12 bits per heavy atom. The molecule has 0 radical (unpaired) electrons. The second kappa shape index (κ2) is 9.88. The summed E-state index contributed by atoms with van der Waals surface area (Å²) >= 11 is 0. The van der Waals surface area contributed by atoms with Crippen LogP contribution in [-0.4, -0.2) is 66.1 Å². The highest BCUT2D eigenvalue weighted by atomic mass is 32.2. The average molecular weight is 483 g/mol. The van der Waals surface area contributed by atoms with Crippen LogP contribution in [0, 0.1) is 6.92 Å².